The predicted octanol–water partition coefficient (Wildman–Crippen LogP) is 2.26. The van der Waals surface area contributed by atoms with E-state index in [0.29, 0.717) is 0 Å². The van der Waals surface area contributed by atoms with E-state index >= 15 is 0 Å². The van der Waals surface area contributed by atoms with Crippen LogP contribution in [0.15, 0.2) is 0 Å². The van der Waals surface area contributed by atoms with E-state index in [0.717, 1.165) is 0 Å². The molecule has 5 heteroatoms. The van der Waals surface area contributed by atoms with Crippen molar-refractivity contribution in [2.75, 3.05) is 13.1 Å². The molecular weight excluding hydrogens is 338 g/mol. The number of hydrogen-bond acceptors (Lipinski definition) is 3. The van der Waals surface area contributed by atoms with Crippen LogP contribution in [0.1, 0.15) is 117 Å². The third kappa shape index (κ3) is 36.0. The Bertz CT molecular complexity index is 198. The van der Waals surface area contributed by atoms with Crippen LogP contribution in [0.4, 0.5) is 0 Å². The molecule has 0 aliphatic rings. The lowest BCUT2D eigenvalue weighted by molar-refractivity contribution is -1.73. The average molecular weight is 382 g/mol. The molecular formula is C20H44ClNO3. The molecule has 0 spiro atoms. The molecule has 0 rings (SSSR count). The first kappa shape index (κ1) is 27.3. The summed E-state index contributed by atoms with van der Waals surface area (Å²) < 4.78 is 25.2. The van der Waals surface area contributed by atoms with Gasteiger partial charge in [-0.1, -0.05) is 90.9 Å². The molecule has 0 aromatic carbocycles. The smallest absolute Gasteiger partial charge is 0.0755 e. The van der Waals surface area contributed by atoms with Gasteiger partial charge in [-0.15, -0.1) is 0 Å². The average Bonchev–Trinajstić information content (AvgIpc) is 2.57. The minimum absolute atomic E-state index is 1.37. The molecule has 0 aromatic rings. The number of hydrogen-bond donors (Lipinski definition) is 1. The fourth-order valence-corrected chi connectivity index (χ4v) is 2.99. The van der Waals surface area contributed by atoms with E-state index in [4.69, 9.17) is 14.0 Å². The normalized spacial score (nSPS) is 10.8. The van der Waals surface area contributed by atoms with E-state index in [1.54, 1.807) is 0 Å². The molecule has 0 fully saturated rings. The Morgan fingerprint density at radius 2 is 0.720 bits per heavy atom. The number of nitrogens with two attached hydrogens (primary N) is 1. The fourth-order valence-electron chi connectivity index (χ4n) is 2.99. The van der Waals surface area contributed by atoms with Gasteiger partial charge in [0.25, 0.3) is 0 Å². The summed E-state index contributed by atoms with van der Waals surface area (Å²) in [4.78, 5) is 0. The monoisotopic (exact) mass is 381 g/mol. The van der Waals surface area contributed by atoms with Gasteiger partial charge in [-0.25, -0.2) is 0 Å². The quantitative estimate of drug-likeness (QED) is 0.369. The lowest BCUT2D eigenvalue weighted by Gasteiger charge is -2.03. The second-order valence-corrected chi connectivity index (χ2v) is 7.38. The number of rotatable bonds is 18. The Morgan fingerprint density at radius 3 is 1.00 bits per heavy atom. The second-order valence-electron chi connectivity index (χ2n) is 7.00. The molecule has 0 bridgehead atoms. The highest BCUT2D eigenvalue weighted by Crippen LogP contribution is 2.08. The molecule has 0 amide bonds. The SMILES string of the molecule is CCCCCCCCCC[NH2+]CCCCCCCCCC.[O-][Cl+2]([O-])[O-]. The number of unbranched alkanes of at least 4 members (excludes halogenated alkanes) is 14. The van der Waals surface area contributed by atoms with Crippen LogP contribution >= 0.6 is 0 Å². The van der Waals surface area contributed by atoms with E-state index in [-0.39, 0.29) is 0 Å². The van der Waals surface area contributed by atoms with Gasteiger partial charge in [0.05, 0.1) is 23.9 Å². The molecule has 0 unspecified atom stereocenters. The van der Waals surface area contributed by atoms with Crippen LogP contribution in [-0.2, 0) is 0 Å². The minimum atomic E-state index is -2.85. The van der Waals surface area contributed by atoms with E-state index in [9.17, 15) is 0 Å². The van der Waals surface area contributed by atoms with E-state index in [1.165, 1.54) is 116 Å². The summed E-state index contributed by atoms with van der Waals surface area (Å²) in [5, 5.41) is 2.55. The first-order chi connectivity index (χ1) is 12.1. The van der Waals surface area contributed by atoms with E-state index in [1.807, 2.05) is 0 Å². The van der Waals surface area contributed by atoms with Crippen molar-refractivity contribution >= 4 is 0 Å². The maximum absolute atomic E-state index is 8.41. The summed E-state index contributed by atoms with van der Waals surface area (Å²) >= 11 is 0. The maximum Gasteiger partial charge on any atom is 0.0755 e. The van der Waals surface area contributed by atoms with Gasteiger partial charge in [-0.3, -0.25) is 0 Å². The zero-order valence-corrected chi connectivity index (χ0v) is 17.7. The molecule has 0 saturated carbocycles. The van der Waals surface area contributed by atoms with Crippen LogP contribution in [0.3, 0.4) is 0 Å². The number of quaternary nitrogens is 1. The molecule has 0 heterocycles. The Labute approximate surface area is 160 Å². The molecule has 2 N–H and O–H groups in total. The van der Waals surface area contributed by atoms with Crippen LogP contribution < -0.4 is 19.3 Å². The molecule has 0 aliphatic heterocycles. The van der Waals surface area contributed by atoms with Gasteiger partial charge in [-0.2, -0.15) is 0 Å². The highest BCUT2D eigenvalue weighted by Gasteiger charge is 1.95. The Balaban J connectivity index is 0. The van der Waals surface area contributed by atoms with Gasteiger partial charge in [0, 0.05) is 0 Å². The van der Waals surface area contributed by atoms with Crippen molar-refractivity contribution in [1.82, 2.24) is 0 Å². The molecule has 0 aromatic heterocycles. The van der Waals surface area contributed by atoms with E-state index < -0.39 is 10.8 Å². The molecule has 0 saturated heterocycles. The van der Waals surface area contributed by atoms with Gasteiger partial charge in [0.2, 0.25) is 0 Å². The van der Waals surface area contributed by atoms with Crippen LogP contribution in [-0.4, -0.2) is 13.1 Å². The first-order valence-corrected chi connectivity index (χ1v) is 11.6. The Kier molecular flexibility index (Phi) is 28.8. The second kappa shape index (κ2) is 26.4. The largest absolute Gasteiger partial charge is 0.357 e. The lowest BCUT2D eigenvalue weighted by Crippen LogP contribution is -2.84. The molecule has 0 radical (unpaired) electrons. The van der Waals surface area contributed by atoms with Gasteiger partial charge >= 0.3 is 0 Å². The first-order valence-electron chi connectivity index (χ1n) is 10.7. The summed E-state index contributed by atoms with van der Waals surface area (Å²) in [6, 6.07) is 0. The van der Waals surface area contributed by atoms with Crippen molar-refractivity contribution in [3.8, 4) is 0 Å². The Hall–Kier alpha value is 0.130. The zero-order chi connectivity index (χ0) is 19.0. The van der Waals surface area contributed by atoms with Gasteiger partial charge in [0.15, 0.2) is 0 Å². The number of halogens is 1. The van der Waals surface area contributed by atoms with Crippen molar-refractivity contribution < 1.29 is 30.1 Å². The molecule has 0 atom stereocenters. The molecule has 0 aliphatic carbocycles. The fraction of sp³-hybridized carbons (Fsp3) is 1.00. The van der Waals surface area contributed by atoms with Crippen LogP contribution in [0.25, 0.3) is 0 Å². The van der Waals surface area contributed by atoms with Crippen molar-refractivity contribution in [3.63, 3.8) is 0 Å². The van der Waals surface area contributed by atoms with Crippen molar-refractivity contribution in [2.24, 2.45) is 0 Å². The lowest BCUT2D eigenvalue weighted by atomic mass is 10.1. The summed E-state index contributed by atoms with van der Waals surface area (Å²) in [7, 11) is -2.85. The van der Waals surface area contributed by atoms with Gasteiger partial charge in [-0.05, 0) is 25.7 Å². The minimum Gasteiger partial charge on any atom is -0.357 e. The van der Waals surface area contributed by atoms with Crippen molar-refractivity contribution in [1.29, 1.82) is 0 Å². The third-order valence-electron chi connectivity index (χ3n) is 4.52. The molecule has 154 valence electrons. The Morgan fingerprint density at radius 1 is 0.480 bits per heavy atom. The standard InChI is InChI=1S/C20H43N.ClO3/c1-3-5-7-9-11-13-15-17-19-21-20-18-16-14-12-10-8-6-4-2;2-1(3)4/h21H,3-20H2,1-2H3;/q;-1/p+1. The highest BCUT2D eigenvalue weighted by molar-refractivity contribution is 4.46. The molecule has 25 heavy (non-hydrogen) atoms. The third-order valence-corrected chi connectivity index (χ3v) is 4.52. The highest BCUT2D eigenvalue weighted by atomic mass is 35.6. The van der Waals surface area contributed by atoms with Gasteiger partial charge < -0.3 is 19.3 Å². The van der Waals surface area contributed by atoms with Crippen molar-refractivity contribution in [2.45, 2.75) is 117 Å². The summed E-state index contributed by atoms with van der Waals surface area (Å²) in [5.74, 6) is 0. The summed E-state index contributed by atoms with van der Waals surface area (Å²) in [5.41, 5.74) is 0. The van der Waals surface area contributed by atoms with Crippen LogP contribution in [0.5, 0.6) is 0 Å². The topological polar surface area (TPSA) is 85.8 Å². The predicted molar refractivity (Wildman–Crippen MR) is 96.9 cm³/mol. The van der Waals surface area contributed by atoms with Crippen LogP contribution in [0, 0.1) is 10.8 Å². The van der Waals surface area contributed by atoms with Crippen molar-refractivity contribution in [3.05, 3.63) is 0 Å². The van der Waals surface area contributed by atoms with Crippen LogP contribution in [0.2, 0.25) is 0 Å². The zero-order valence-electron chi connectivity index (χ0n) is 16.9. The molecule has 4 nitrogen and oxygen atoms in total. The van der Waals surface area contributed by atoms with E-state index in [2.05, 4.69) is 19.2 Å². The summed E-state index contributed by atoms with van der Waals surface area (Å²) in [6.45, 7) is 7.32. The maximum atomic E-state index is 8.41. The summed E-state index contributed by atoms with van der Waals surface area (Å²) in [6.07, 6.45) is 23.1. The van der Waals surface area contributed by atoms with Gasteiger partial charge in [0.1, 0.15) is 0 Å².